The number of aromatic nitrogens is 2. The number of aryl methyl sites for hydroxylation is 2. The first-order chi connectivity index (χ1) is 18.2. The fourth-order valence-corrected chi connectivity index (χ4v) is 7.20. The maximum Gasteiger partial charge on any atom is 0.237 e. The molecule has 2 heterocycles. The standard InChI is InChI=1S/C31H37BN4OS/c1-20(2)13-24-17-37-27-15-26(28-21(3)7-5-8-22(28)4)33-29(34-27)35-38-25-10-6-9-23(14-25)16-36(24)31(32)18-30(19-31)11-12-30/h5-10,14-15,20,24H,11-13,16-19H2,1-4H3,(H,33,34,35). The Balaban J connectivity index is 1.40. The Bertz CT molecular complexity index is 1310. The van der Waals surface area contributed by atoms with Crippen LogP contribution in [0.3, 0.4) is 0 Å². The van der Waals surface area contributed by atoms with E-state index in [-0.39, 0.29) is 11.5 Å². The van der Waals surface area contributed by atoms with Gasteiger partial charge in [-0.15, -0.1) is 0 Å². The fourth-order valence-electron chi connectivity index (χ4n) is 6.54. The van der Waals surface area contributed by atoms with E-state index in [1.165, 1.54) is 41.5 Å². The molecule has 1 atom stereocenters. The van der Waals surface area contributed by atoms with Gasteiger partial charge in [0, 0.05) is 29.1 Å². The van der Waals surface area contributed by atoms with Crippen LogP contribution in [0.1, 0.15) is 62.6 Å². The lowest BCUT2D eigenvalue weighted by molar-refractivity contribution is -0.0288. The highest BCUT2D eigenvalue weighted by atomic mass is 32.2. The van der Waals surface area contributed by atoms with Crippen LogP contribution in [0.15, 0.2) is 53.4 Å². The zero-order valence-electron chi connectivity index (χ0n) is 23.0. The minimum atomic E-state index is -0.290. The third-order valence-corrected chi connectivity index (χ3v) is 9.22. The van der Waals surface area contributed by atoms with Crippen molar-refractivity contribution in [2.75, 3.05) is 11.3 Å². The summed E-state index contributed by atoms with van der Waals surface area (Å²) in [6.45, 7) is 10.2. The number of ether oxygens (including phenoxy) is 1. The Morgan fingerprint density at radius 2 is 1.82 bits per heavy atom. The van der Waals surface area contributed by atoms with E-state index in [0.717, 1.165) is 42.0 Å². The molecule has 2 saturated carbocycles. The summed E-state index contributed by atoms with van der Waals surface area (Å²) in [4.78, 5) is 13.4. The van der Waals surface area contributed by atoms with Crippen molar-refractivity contribution in [2.45, 2.75) is 82.7 Å². The lowest BCUT2D eigenvalue weighted by atomic mass is 9.53. The first-order valence-electron chi connectivity index (χ1n) is 13.9. The highest BCUT2D eigenvalue weighted by Crippen LogP contribution is 2.66. The number of rotatable bonds is 4. The number of hydrogen-bond donors (Lipinski definition) is 1. The van der Waals surface area contributed by atoms with Crippen molar-refractivity contribution in [2.24, 2.45) is 11.3 Å². The van der Waals surface area contributed by atoms with Gasteiger partial charge in [-0.2, -0.15) is 4.98 Å². The molecule has 4 bridgehead atoms. The predicted octanol–water partition coefficient (Wildman–Crippen LogP) is 6.93. The summed E-state index contributed by atoms with van der Waals surface area (Å²) < 4.78 is 9.92. The van der Waals surface area contributed by atoms with E-state index in [1.54, 1.807) is 0 Å². The topological polar surface area (TPSA) is 50.3 Å². The number of nitrogens with one attached hydrogen (secondary N) is 1. The van der Waals surface area contributed by atoms with E-state index in [9.17, 15) is 0 Å². The van der Waals surface area contributed by atoms with Crippen LogP contribution >= 0.6 is 11.9 Å². The molecule has 1 unspecified atom stereocenters. The van der Waals surface area contributed by atoms with Crippen molar-refractivity contribution in [1.82, 2.24) is 14.9 Å². The third kappa shape index (κ3) is 5.20. The van der Waals surface area contributed by atoms with Gasteiger partial charge in [0.25, 0.3) is 0 Å². The van der Waals surface area contributed by atoms with Gasteiger partial charge in [0.15, 0.2) is 0 Å². The SMILES string of the molecule is [B]C1(N2Cc3cccc(c3)SNc3nc(cc(-c4c(C)cccc4C)n3)OCC2CC(C)C)CC2(CC2)C1. The Hall–Kier alpha value is -2.51. The van der Waals surface area contributed by atoms with Gasteiger partial charge in [0.05, 0.1) is 13.5 Å². The van der Waals surface area contributed by atoms with Crippen molar-refractivity contribution in [1.29, 1.82) is 0 Å². The molecule has 38 heavy (non-hydrogen) atoms. The van der Waals surface area contributed by atoms with E-state index >= 15 is 0 Å². The lowest BCUT2D eigenvalue weighted by Crippen LogP contribution is -2.62. The molecule has 3 aliphatic rings. The monoisotopic (exact) mass is 524 g/mol. The minimum absolute atomic E-state index is 0.184. The zero-order valence-corrected chi connectivity index (χ0v) is 23.8. The Morgan fingerprint density at radius 3 is 2.53 bits per heavy atom. The normalized spacial score (nSPS) is 21.9. The van der Waals surface area contributed by atoms with Gasteiger partial charge in [-0.1, -0.05) is 44.2 Å². The van der Waals surface area contributed by atoms with Gasteiger partial charge in [0.2, 0.25) is 11.8 Å². The Labute approximate surface area is 232 Å². The van der Waals surface area contributed by atoms with Gasteiger partial charge in [-0.3, -0.25) is 9.62 Å². The molecule has 1 spiro atoms. The van der Waals surface area contributed by atoms with E-state index in [4.69, 9.17) is 22.6 Å². The summed E-state index contributed by atoms with van der Waals surface area (Å²) in [5, 5.41) is 0. The van der Waals surface area contributed by atoms with E-state index in [0.29, 0.717) is 29.8 Å². The summed E-state index contributed by atoms with van der Waals surface area (Å²) in [7, 11) is 7.20. The first-order valence-corrected chi connectivity index (χ1v) is 14.7. The van der Waals surface area contributed by atoms with Crippen LogP contribution in [0.4, 0.5) is 5.95 Å². The van der Waals surface area contributed by atoms with Gasteiger partial charge in [-0.25, -0.2) is 4.98 Å². The van der Waals surface area contributed by atoms with Crippen LogP contribution in [0, 0.1) is 25.2 Å². The average molecular weight is 525 g/mol. The summed E-state index contributed by atoms with van der Waals surface area (Å²) in [6, 6.07) is 17.3. The van der Waals surface area contributed by atoms with Crippen LogP contribution in [-0.2, 0) is 6.54 Å². The van der Waals surface area contributed by atoms with Gasteiger partial charge >= 0.3 is 0 Å². The number of nitrogens with zero attached hydrogens (tertiary/aromatic N) is 3. The van der Waals surface area contributed by atoms with Crippen molar-refractivity contribution in [3.8, 4) is 17.1 Å². The molecule has 2 aliphatic carbocycles. The molecule has 1 N–H and O–H groups in total. The van der Waals surface area contributed by atoms with Gasteiger partial charge in [-0.05, 0) is 103 Å². The maximum absolute atomic E-state index is 7.20. The number of benzene rings is 2. The summed E-state index contributed by atoms with van der Waals surface area (Å²) in [5.74, 6) is 1.67. The quantitative estimate of drug-likeness (QED) is 0.295. The van der Waals surface area contributed by atoms with Crippen LogP contribution in [-0.4, -0.2) is 40.8 Å². The molecule has 196 valence electrons. The molecular formula is C31H37BN4OS. The number of fused-ring (bicyclic) bond motifs is 4. The zero-order chi connectivity index (χ0) is 26.5. The first kappa shape index (κ1) is 25.8. The second-order valence-electron chi connectivity index (χ2n) is 12.2. The van der Waals surface area contributed by atoms with Crippen LogP contribution in [0.25, 0.3) is 11.3 Å². The summed E-state index contributed by atoms with van der Waals surface area (Å²) >= 11 is 1.53. The summed E-state index contributed by atoms with van der Waals surface area (Å²) in [5.41, 5.74) is 5.86. The van der Waals surface area contributed by atoms with Crippen LogP contribution in [0.5, 0.6) is 5.88 Å². The third-order valence-electron chi connectivity index (χ3n) is 8.45. The second-order valence-corrected chi connectivity index (χ2v) is 13.1. The van der Waals surface area contributed by atoms with Crippen molar-refractivity contribution >= 4 is 25.7 Å². The van der Waals surface area contributed by atoms with Crippen molar-refractivity contribution in [3.05, 3.63) is 65.2 Å². The Morgan fingerprint density at radius 1 is 1.08 bits per heavy atom. The minimum Gasteiger partial charge on any atom is -0.476 e. The maximum atomic E-state index is 7.20. The molecule has 6 rings (SSSR count). The number of anilines is 1. The largest absolute Gasteiger partial charge is 0.476 e. The van der Waals surface area contributed by atoms with E-state index < -0.39 is 0 Å². The lowest BCUT2D eigenvalue weighted by Gasteiger charge is -2.57. The highest BCUT2D eigenvalue weighted by molar-refractivity contribution is 8.00. The summed E-state index contributed by atoms with van der Waals surface area (Å²) in [6.07, 6.45) is 5.83. The fraction of sp³-hybridized carbons (Fsp3) is 0.484. The van der Waals surface area contributed by atoms with Crippen LogP contribution < -0.4 is 9.46 Å². The molecule has 2 fully saturated rings. The molecule has 5 nitrogen and oxygen atoms in total. The second kappa shape index (κ2) is 9.91. The highest BCUT2D eigenvalue weighted by Gasteiger charge is 2.60. The molecule has 1 aliphatic heterocycles. The molecule has 2 radical (unpaired) electrons. The van der Waals surface area contributed by atoms with E-state index in [2.05, 4.69) is 79.8 Å². The van der Waals surface area contributed by atoms with Crippen molar-refractivity contribution < 1.29 is 4.74 Å². The number of hydrogen-bond acceptors (Lipinski definition) is 6. The molecule has 3 aromatic rings. The smallest absolute Gasteiger partial charge is 0.237 e. The van der Waals surface area contributed by atoms with Gasteiger partial charge < -0.3 is 4.74 Å². The van der Waals surface area contributed by atoms with Crippen LogP contribution in [0.2, 0.25) is 0 Å². The molecule has 1 aromatic heterocycles. The van der Waals surface area contributed by atoms with Crippen molar-refractivity contribution in [3.63, 3.8) is 0 Å². The molecule has 7 heteroatoms. The molecule has 0 amide bonds. The average Bonchev–Trinajstić information content (AvgIpc) is 3.63. The predicted molar refractivity (Wildman–Crippen MR) is 157 cm³/mol. The van der Waals surface area contributed by atoms with E-state index in [1.807, 2.05) is 6.07 Å². The molecule has 2 aromatic carbocycles. The Kier molecular flexibility index (Phi) is 6.72. The molecular weight excluding hydrogens is 487 g/mol. The molecule has 0 saturated heterocycles. The van der Waals surface area contributed by atoms with Gasteiger partial charge in [0.1, 0.15) is 6.61 Å².